The average Bonchev–Trinajstić information content (AvgIpc) is 2.78. The molecule has 104 valence electrons. The third-order valence-corrected chi connectivity index (χ3v) is 3.36. The molecule has 0 aromatic rings. The minimum atomic E-state index is -0.905. The molecule has 0 bridgehead atoms. The van der Waals surface area contributed by atoms with Crippen molar-refractivity contribution in [1.82, 2.24) is 5.32 Å². The van der Waals surface area contributed by atoms with Crippen molar-refractivity contribution in [3.63, 3.8) is 0 Å². The number of hydrogen-bond acceptors (Lipinski definition) is 4. The van der Waals surface area contributed by atoms with Crippen LogP contribution < -0.4 is 5.32 Å². The normalized spacial score (nSPS) is 24.8. The zero-order chi connectivity index (χ0) is 13.5. The SMILES string of the molecule is COCC(CCO)NC(=O)[C@@H]1CCC[C@@H]1C(=O)O. The third kappa shape index (κ3) is 3.96. The van der Waals surface area contributed by atoms with Crippen LogP contribution in [-0.2, 0) is 14.3 Å². The molecule has 0 aliphatic heterocycles. The van der Waals surface area contributed by atoms with Gasteiger partial charge in [-0.3, -0.25) is 9.59 Å². The van der Waals surface area contributed by atoms with E-state index in [1.54, 1.807) is 0 Å². The van der Waals surface area contributed by atoms with E-state index in [1.807, 2.05) is 0 Å². The van der Waals surface area contributed by atoms with Crippen LogP contribution in [0.5, 0.6) is 0 Å². The molecular formula is C12H21NO5. The minimum Gasteiger partial charge on any atom is -0.481 e. The van der Waals surface area contributed by atoms with Gasteiger partial charge in [-0.15, -0.1) is 0 Å². The Morgan fingerprint density at radius 1 is 1.39 bits per heavy atom. The lowest BCUT2D eigenvalue weighted by molar-refractivity contribution is -0.146. The highest BCUT2D eigenvalue weighted by molar-refractivity contribution is 5.85. The molecule has 1 saturated carbocycles. The largest absolute Gasteiger partial charge is 0.481 e. The summed E-state index contributed by atoms with van der Waals surface area (Å²) >= 11 is 0. The zero-order valence-corrected chi connectivity index (χ0v) is 10.6. The maximum atomic E-state index is 12.0. The second-order valence-electron chi connectivity index (χ2n) is 4.66. The first-order valence-electron chi connectivity index (χ1n) is 6.23. The van der Waals surface area contributed by atoms with Crippen LogP contribution in [0.4, 0.5) is 0 Å². The number of carbonyl (C=O) groups excluding carboxylic acids is 1. The van der Waals surface area contributed by atoms with Crippen molar-refractivity contribution < 1.29 is 24.5 Å². The van der Waals surface area contributed by atoms with Gasteiger partial charge in [0.2, 0.25) is 5.91 Å². The average molecular weight is 259 g/mol. The summed E-state index contributed by atoms with van der Waals surface area (Å²) in [7, 11) is 1.52. The van der Waals surface area contributed by atoms with Gasteiger partial charge in [0.25, 0.3) is 0 Å². The molecule has 1 rings (SSSR count). The van der Waals surface area contributed by atoms with E-state index in [0.717, 1.165) is 6.42 Å². The van der Waals surface area contributed by atoms with Crippen molar-refractivity contribution >= 4 is 11.9 Å². The molecule has 0 heterocycles. The maximum Gasteiger partial charge on any atom is 0.307 e. The Labute approximate surface area is 106 Å². The first-order valence-corrected chi connectivity index (χ1v) is 6.23. The summed E-state index contributed by atoms with van der Waals surface area (Å²) in [5.41, 5.74) is 0. The van der Waals surface area contributed by atoms with Crippen molar-refractivity contribution in [3.05, 3.63) is 0 Å². The quantitative estimate of drug-likeness (QED) is 0.598. The third-order valence-electron chi connectivity index (χ3n) is 3.36. The van der Waals surface area contributed by atoms with Crippen LogP contribution in [0.2, 0.25) is 0 Å². The summed E-state index contributed by atoms with van der Waals surface area (Å²) in [5.74, 6) is -2.18. The van der Waals surface area contributed by atoms with E-state index in [1.165, 1.54) is 7.11 Å². The molecule has 1 amide bonds. The van der Waals surface area contributed by atoms with Crippen LogP contribution in [0.1, 0.15) is 25.7 Å². The number of nitrogens with one attached hydrogen (secondary N) is 1. The fourth-order valence-corrected chi connectivity index (χ4v) is 2.43. The molecule has 1 aliphatic carbocycles. The Kier molecular flexibility index (Phi) is 6.07. The molecule has 0 radical (unpaired) electrons. The van der Waals surface area contributed by atoms with Crippen molar-refractivity contribution in [2.24, 2.45) is 11.8 Å². The second kappa shape index (κ2) is 7.33. The Balaban J connectivity index is 2.54. The molecule has 0 aromatic carbocycles. The van der Waals surface area contributed by atoms with E-state index in [4.69, 9.17) is 14.9 Å². The molecule has 0 aromatic heterocycles. The maximum absolute atomic E-state index is 12.0. The Morgan fingerprint density at radius 2 is 2.06 bits per heavy atom. The Hall–Kier alpha value is -1.14. The molecule has 3 N–H and O–H groups in total. The smallest absolute Gasteiger partial charge is 0.307 e. The van der Waals surface area contributed by atoms with Crippen LogP contribution in [-0.4, -0.2) is 48.5 Å². The standard InChI is InChI=1S/C12H21NO5/c1-18-7-8(5-6-14)13-11(15)9-3-2-4-10(9)12(16)17/h8-10,14H,2-7H2,1H3,(H,13,15)(H,16,17)/t8?,9-,10+/m1/s1. The summed E-state index contributed by atoms with van der Waals surface area (Å²) < 4.78 is 4.95. The highest BCUT2D eigenvalue weighted by Gasteiger charge is 2.38. The minimum absolute atomic E-state index is 0.0403. The first-order chi connectivity index (χ1) is 8.60. The zero-order valence-electron chi connectivity index (χ0n) is 10.6. The van der Waals surface area contributed by atoms with Crippen LogP contribution >= 0.6 is 0 Å². The lowest BCUT2D eigenvalue weighted by Gasteiger charge is -2.21. The van der Waals surface area contributed by atoms with Crippen LogP contribution in [0.25, 0.3) is 0 Å². The van der Waals surface area contributed by atoms with E-state index in [0.29, 0.717) is 25.9 Å². The summed E-state index contributed by atoms with van der Waals surface area (Å²) in [4.78, 5) is 23.0. The van der Waals surface area contributed by atoms with Gasteiger partial charge >= 0.3 is 5.97 Å². The van der Waals surface area contributed by atoms with E-state index >= 15 is 0 Å². The molecule has 1 fully saturated rings. The number of carbonyl (C=O) groups is 2. The number of methoxy groups -OCH3 is 1. The summed E-state index contributed by atoms with van der Waals surface area (Å²) in [6, 6.07) is -0.262. The monoisotopic (exact) mass is 259 g/mol. The van der Waals surface area contributed by atoms with Gasteiger partial charge in [-0.1, -0.05) is 6.42 Å². The van der Waals surface area contributed by atoms with Crippen molar-refractivity contribution in [1.29, 1.82) is 0 Å². The van der Waals surface area contributed by atoms with E-state index in [2.05, 4.69) is 5.32 Å². The van der Waals surface area contributed by atoms with Crippen LogP contribution in [0.15, 0.2) is 0 Å². The summed E-state index contributed by atoms with van der Waals surface area (Å²) in [6.45, 7) is 0.276. The Morgan fingerprint density at radius 3 is 2.61 bits per heavy atom. The lowest BCUT2D eigenvalue weighted by Crippen LogP contribution is -2.43. The number of aliphatic hydroxyl groups is 1. The van der Waals surface area contributed by atoms with Gasteiger partial charge < -0.3 is 20.3 Å². The van der Waals surface area contributed by atoms with E-state index in [-0.39, 0.29) is 18.6 Å². The molecule has 18 heavy (non-hydrogen) atoms. The number of ether oxygens (including phenoxy) is 1. The van der Waals surface area contributed by atoms with Gasteiger partial charge in [0, 0.05) is 13.7 Å². The number of amides is 1. The number of hydrogen-bond donors (Lipinski definition) is 3. The van der Waals surface area contributed by atoms with Crippen molar-refractivity contribution in [2.75, 3.05) is 20.3 Å². The molecule has 6 heteroatoms. The van der Waals surface area contributed by atoms with Gasteiger partial charge in [-0.2, -0.15) is 0 Å². The molecule has 0 saturated heterocycles. The lowest BCUT2D eigenvalue weighted by atomic mass is 9.95. The predicted molar refractivity (Wildman–Crippen MR) is 64.0 cm³/mol. The molecule has 1 aliphatic rings. The van der Waals surface area contributed by atoms with E-state index < -0.39 is 17.8 Å². The molecular weight excluding hydrogens is 238 g/mol. The summed E-state index contributed by atoms with van der Waals surface area (Å²) in [6.07, 6.45) is 2.35. The topological polar surface area (TPSA) is 95.9 Å². The van der Waals surface area contributed by atoms with Gasteiger partial charge in [-0.05, 0) is 19.3 Å². The van der Waals surface area contributed by atoms with Gasteiger partial charge in [-0.25, -0.2) is 0 Å². The molecule has 1 unspecified atom stereocenters. The molecule has 0 spiro atoms. The van der Waals surface area contributed by atoms with Gasteiger partial charge in [0.05, 0.1) is 24.5 Å². The Bertz CT molecular complexity index is 288. The fraction of sp³-hybridized carbons (Fsp3) is 0.833. The summed E-state index contributed by atoms with van der Waals surface area (Å²) in [5, 5.41) is 20.7. The number of rotatable bonds is 7. The van der Waals surface area contributed by atoms with Gasteiger partial charge in [0.1, 0.15) is 0 Å². The first kappa shape index (κ1) is 14.9. The molecule has 6 nitrogen and oxygen atoms in total. The van der Waals surface area contributed by atoms with Crippen molar-refractivity contribution in [2.45, 2.75) is 31.7 Å². The number of carboxylic acid groups (broad SMARTS) is 1. The molecule has 3 atom stereocenters. The predicted octanol–water partition coefficient (Wildman–Crippen LogP) is 0.000900. The number of aliphatic carboxylic acids is 1. The van der Waals surface area contributed by atoms with Gasteiger partial charge in [0.15, 0.2) is 0 Å². The van der Waals surface area contributed by atoms with Crippen LogP contribution in [0, 0.1) is 11.8 Å². The van der Waals surface area contributed by atoms with Crippen LogP contribution in [0.3, 0.4) is 0 Å². The highest BCUT2D eigenvalue weighted by Crippen LogP contribution is 2.32. The van der Waals surface area contributed by atoms with E-state index in [9.17, 15) is 9.59 Å². The number of aliphatic hydroxyl groups excluding tert-OH is 1. The number of carboxylic acids is 1. The van der Waals surface area contributed by atoms with Crippen molar-refractivity contribution in [3.8, 4) is 0 Å². The highest BCUT2D eigenvalue weighted by atomic mass is 16.5. The second-order valence-corrected chi connectivity index (χ2v) is 4.66. The fourth-order valence-electron chi connectivity index (χ4n) is 2.43.